The maximum Gasteiger partial charge on any atom is 0.228 e. The van der Waals surface area contributed by atoms with E-state index >= 15 is 0 Å². The van der Waals surface area contributed by atoms with Gasteiger partial charge in [-0.05, 0) is 24.5 Å². The number of carbonyl (C=O) groups is 1. The fourth-order valence-electron chi connectivity index (χ4n) is 3.79. The maximum absolute atomic E-state index is 12.8. The molecule has 166 valence electrons. The molecule has 1 fully saturated rings. The molecular formula is C25H28N4O3. The maximum atomic E-state index is 12.8. The van der Waals surface area contributed by atoms with Crippen LogP contribution in [0.15, 0.2) is 66.9 Å². The van der Waals surface area contributed by atoms with Crippen LogP contribution in [0.1, 0.15) is 24.0 Å². The monoisotopic (exact) mass is 432 g/mol. The number of aromatic nitrogens is 2. The molecule has 1 aromatic heterocycles. The third-order valence-electron chi connectivity index (χ3n) is 5.64. The number of carbonyl (C=O) groups excluding carboxylic acids is 1. The number of para-hydroxylation sites is 1. The first kappa shape index (κ1) is 21.6. The molecule has 1 N–H and O–H groups in total. The largest absolute Gasteiger partial charge is 0.489 e. The molecule has 0 aliphatic carbocycles. The summed E-state index contributed by atoms with van der Waals surface area (Å²) >= 11 is 0. The molecule has 0 spiro atoms. The Morgan fingerprint density at radius 1 is 1.06 bits per heavy atom. The van der Waals surface area contributed by atoms with Crippen LogP contribution in [0.5, 0.6) is 11.6 Å². The molecule has 7 nitrogen and oxygen atoms in total. The topological polar surface area (TPSA) is 76.6 Å². The van der Waals surface area contributed by atoms with Crippen LogP contribution in [0.2, 0.25) is 0 Å². The van der Waals surface area contributed by atoms with E-state index in [-0.39, 0.29) is 11.8 Å². The molecule has 0 unspecified atom stereocenters. The summed E-state index contributed by atoms with van der Waals surface area (Å²) in [5.41, 5.74) is 2.08. The van der Waals surface area contributed by atoms with Crippen molar-refractivity contribution in [3.05, 3.63) is 78.0 Å². The predicted molar refractivity (Wildman–Crippen MR) is 123 cm³/mol. The Morgan fingerprint density at radius 3 is 2.59 bits per heavy atom. The molecule has 1 saturated heterocycles. The van der Waals surface area contributed by atoms with Crippen molar-refractivity contribution in [2.24, 2.45) is 5.92 Å². The Bertz CT molecular complexity index is 1020. The molecule has 2 aromatic carbocycles. The van der Waals surface area contributed by atoms with Gasteiger partial charge in [-0.15, -0.1) is 0 Å². The van der Waals surface area contributed by atoms with Gasteiger partial charge in [0.15, 0.2) is 0 Å². The highest BCUT2D eigenvalue weighted by Gasteiger charge is 2.26. The molecule has 1 amide bonds. The van der Waals surface area contributed by atoms with E-state index in [2.05, 4.69) is 20.2 Å². The highest BCUT2D eigenvalue weighted by molar-refractivity contribution is 5.79. The summed E-state index contributed by atoms with van der Waals surface area (Å²) in [6.45, 7) is 2.42. The lowest BCUT2D eigenvalue weighted by molar-refractivity contribution is -0.125. The standard InChI is InChI=1S/C25H28N4O3/c1-31-23-11-14-26-25(28-23)29-15-12-20(13-16-29)24(30)27-17-21-9-5-6-10-22(21)32-18-19-7-3-2-4-8-19/h2-11,14,20H,12-13,15-18H2,1H3,(H,27,30). The van der Waals surface area contributed by atoms with Crippen molar-refractivity contribution >= 4 is 11.9 Å². The molecule has 1 aliphatic heterocycles. The van der Waals surface area contributed by atoms with Crippen LogP contribution in [-0.2, 0) is 17.9 Å². The van der Waals surface area contributed by atoms with E-state index in [0.29, 0.717) is 25.0 Å². The van der Waals surface area contributed by atoms with Crippen molar-refractivity contribution in [1.82, 2.24) is 15.3 Å². The number of ether oxygens (including phenoxy) is 2. The van der Waals surface area contributed by atoms with E-state index in [0.717, 1.165) is 42.8 Å². The van der Waals surface area contributed by atoms with Crippen LogP contribution >= 0.6 is 0 Å². The molecule has 0 radical (unpaired) electrons. The number of benzene rings is 2. The van der Waals surface area contributed by atoms with E-state index < -0.39 is 0 Å². The second-order valence-corrected chi connectivity index (χ2v) is 7.76. The van der Waals surface area contributed by atoms with Crippen molar-refractivity contribution in [3.8, 4) is 11.6 Å². The van der Waals surface area contributed by atoms with Gasteiger partial charge in [-0.25, -0.2) is 4.98 Å². The van der Waals surface area contributed by atoms with Gasteiger partial charge in [0.1, 0.15) is 12.4 Å². The normalized spacial score (nSPS) is 14.1. The van der Waals surface area contributed by atoms with Crippen LogP contribution in [0.25, 0.3) is 0 Å². The van der Waals surface area contributed by atoms with E-state index in [1.54, 1.807) is 19.4 Å². The Labute approximate surface area is 188 Å². The fraction of sp³-hybridized carbons (Fsp3) is 0.320. The second-order valence-electron chi connectivity index (χ2n) is 7.76. The lowest BCUT2D eigenvalue weighted by Crippen LogP contribution is -2.41. The van der Waals surface area contributed by atoms with E-state index in [1.165, 1.54) is 0 Å². The smallest absolute Gasteiger partial charge is 0.228 e. The molecule has 7 heteroatoms. The van der Waals surface area contributed by atoms with Gasteiger partial charge < -0.3 is 19.7 Å². The number of rotatable bonds is 8. The number of methoxy groups -OCH3 is 1. The van der Waals surface area contributed by atoms with Crippen molar-refractivity contribution < 1.29 is 14.3 Å². The van der Waals surface area contributed by atoms with Crippen LogP contribution < -0.4 is 19.7 Å². The fourth-order valence-corrected chi connectivity index (χ4v) is 3.79. The highest BCUT2D eigenvalue weighted by atomic mass is 16.5. The summed E-state index contributed by atoms with van der Waals surface area (Å²) in [6, 6.07) is 19.6. The number of nitrogens with one attached hydrogen (secondary N) is 1. The van der Waals surface area contributed by atoms with Crippen molar-refractivity contribution in [2.45, 2.75) is 26.0 Å². The first-order valence-electron chi connectivity index (χ1n) is 10.9. The van der Waals surface area contributed by atoms with Gasteiger partial charge in [0, 0.05) is 43.4 Å². The number of amides is 1. The predicted octanol–water partition coefficient (Wildman–Crippen LogP) is 3.60. The number of hydrogen-bond donors (Lipinski definition) is 1. The summed E-state index contributed by atoms with van der Waals surface area (Å²) in [4.78, 5) is 23.6. The zero-order valence-electron chi connectivity index (χ0n) is 18.2. The van der Waals surface area contributed by atoms with Gasteiger partial charge in [-0.1, -0.05) is 48.5 Å². The summed E-state index contributed by atoms with van der Waals surface area (Å²) in [6.07, 6.45) is 3.22. The van der Waals surface area contributed by atoms with Gasteiger partial charge >= 0.3 is 0 Å². The summed E-state index contributed by atoms with van der Waals surface area (Å²) in [5, 5.41) is 3.09. The van der Waals surface area contributed by atoms with Crippen molar-refractivity contribution in [2.75, 3.05) is 25.1 Å². The Morgan fingerprint density at radius 2 is 1.81 bits per heavy atom. The van der Waals surface area contributed by atoms with Gasteiger partial charge in [0.25, 0.3) is 0 Å². The molecule has 0 bridgehead atoms. The SMILES string of the molecule is COc1ccnc(N2CCC(C(=O)NCc3ccccc3OCc3ccccc3)CC2)n1. The summed E-state index contributed by atoms with van der Waals surface area (Å²) in [5.74, 6) is 2.04. The minimum atomic E-state index is -0.0192. The van der Waals surface area contributed by atoms with E-state index in [9.17, 15) is 4.79 Å². The Hall–Kier alpha value is -3.61. The summed E-state index contributed by atoms with van der Waals surface area (Å²) < 4.78 is 11.2. The minimum absolute atomic E-state index is 0.0192. The Balaban J connectivity index is 1.28. The van der Waals surface area contributed by atoms with Crippen LogP contribution in [0.3, 0.4) is 0 Å². The van der Waals surface area contributed by atoms with Crippen LogP contribution in [0, 0.1) is 5.92 Å². The zero-order valence-corrected chi connectivity index (χ0v) is 18.2. The van der Waals surface area contributed by atoms with Crippen molar-refractivity contribution in [3.63, 3.8) is 0 Å². The van der Waals surface area contributed by atoms with Gasteiger partial charge in [0.2, 0.25) is 17.7 Å². The number of anilines is 1. The Kier molecular flexibility index (Phi) is 7.17. The first-order valence-corrected chi connectivity index (χ1v) is 10.9. The van der Waals surface area contributed by atoms with Crippen LogP contribution in [0.4, 0.5) is 5.95 Å². The van der Waals surface area contributed by atoms with E-state index in [1.807, 2.05) is 54.6 Å². The molecule has 4 rings (SSSR count). The van der Waals surface area contributed by atoms with Gasteiger partial charge in [-0.2, -0.15) is 4.98 Å². The first-order chi connectivity index (χ1) is 15.7. The number of nitrogens with zero attached hydrogens (tertiary/aromatic N) is 3. The molecule has 1 aliphatic rings. The molecule has 3 aromatic rings. The third kappa shape index (κ3) is 5.55. The van der Waals surface area contributed by atoms with Crippen molar-refractivity contribution in [1.29, 1.82) is 0 Å². The molecular weight excluding hydrogens is 404 g/mol. The van der Waals surface area contributed by atoms with Gasteiger partial charge in [0.05, 0.1) is 7.11 Å². The average molecular weight is 433 g/mol. The quantitative estimate of drug-likeness (QED) is 0.586. The highest BCUT2D eigenvalue weighted by Crippen LogP contribution is 2.23. The average Bonchev–Trinajstić information content (AvgIpc) is 2.87. The third-order valence-corrected chi connectivity index (χ3v) is 5.64. The lowest BCUT2D eigenvalue weighted by atomic mass is 9.96. The van der Waals surface area contributed by atoms with E-state index in [4.69, 9.17) is 9.47 Å². The van der Waals surface area contributed by atoms with Gasteiger partial charge in [-0.3, -0.25) is 4.79 Å². The number of hydrogen-bond acceptors (Lipinski definition) is 6. The lowest BCUT2D eigenvalue weighted by Gasteiger charge is -2.31. The number of piperidine rings is 1. The molecule has 2 heterocycles. The second kappa shape index (κ2) is 10.6. The molecule has 32 heavy (non-hydrogen) atoms. The minimum Gasteiger partial charge on any atom is -0.489 e. The molecule has 0 atom stereocenters. The van der Waals surface area contributed by atoms with Crippen LogP contribution in [-0.4, -0.2) is 36.1 Å². The zero-order chi connectivity index (χ0) is 22.2. The molecule has 0 saturated carbocycles. The summed E-state index contributed by atoms with van der Waals surface area (Å²) in [7, 11) is 1.59.